The summed E-state index contributed by atoms with van der Waals surface area (Å²) in [6.45, 7) is 0. The van der Waals surface area contributed by atoms with Crippen LogP contribution in [0.25, 0.3) is 11.3 Å². The van der Waals surface area contributed by atoms with Crippen LogP contribution in [0.15, 0.2) is 59.6 Å². The quantitative estimate of drug-likeness (QED) is 0.634. The van der Waals surface area contributed by atoms with Crippen LogP contribution in [0.5, 0.6) is 0 Å². The van der Waals surface area contributed by atoms with E-state index in [-0.39, 0.29) is 17.3 Å². The lowest BCUT2D eigenvalue weighted by molar-refractivity contribution is -0.113. The van der Waals surface area contributed by atoms with E-state index in [1.54, 1.807) is 24.3 Å². The monoisotopic (exact) mass is 391 g/mol. The van der Waals surface area contributed by atoms with E-state index in [9.17, 15) is 13.6 Å². The van der Waals surface area contributed by atoms with Crippen molar-refractivity contribution in [2.75, 3.05) is 11.1 Å². The summed E-state index contributed by atoms with van der Waals surface area (Å²) >= 11 is 7.04. The number of halogens is 3. The molecule has 26 heavy (non-hydrogen) atoms. The minimum atomic E-state index is -1.01. The van der Waals surface area contributed by atoms with Crippen LogP contribution in [-0.2, 0) is 4.79 Å². The number of aromatic nitrogens is 2. The van der Waals surface area contributed by atoms with E-state index < -0.39 is 11.6 Å². The Hall–Kier alpha value is -2.51. The first-order valence-electron chi connectivity index (χ1n) is 7.48. The number of anilines is 1. The lowest BCUT2D eigenvalue weighted by atomic mass is 10.1. The van der Waals surface area contributed by atoms with Crippen LogP contribution in [-0.4, -0.2) is 21.9 Å². The highest BCUT2D eigenvalue weighted by Gasteiger charge is 2.08. The second kappa shape index (κ2) is 8.25. The molecule has 0 atom stereocenters. The van der Waals surface area contributed by atoms with Crippen LogP contribution in [0.2, 0.25) is 5.02 Å². The van der Waals surface area contributed by atoms with Crippen LogP contribution in [0.1, 0.15) is 0 Å². The van der Waals surface area contributed by atoms with Gasteiger partial charge in [-0.25, -0.2) is 8.78 Å². The van der Waals surface area contributed by atoms with Gasteiger partial charge >= 0.3 is 0 Å². The second-order valence-corrected chi connectivity index (χ2v) is 6.66. The van der Waals surface area contributed by atoms with Crippen LogP contribution in [0.4, 0.5) is 14.5 Å². The molecule has 3 rings (SSSR count). The fourth-order valence-corrected chi connectivity index (χ4v) is 2.82. The lowest BCUT2D eigenvalue weighted by Crippen LogP contribution is -2.14. The predicted octanol–water partition coefficient (Wildman–Crippen LogP) is 4.81. The standard InChI is InChI=1S/C18H12ClF2N3OS/c19-12-3-1-11(2-4-12)16-7-8-18(24-23-16)26-10-17(25)22-13-5-6-14(20)15(21)9-13/h1-9H,10H2,(H,22,25). The minimum absolute atomic E-state index is 0.0635. The molecule has 0 aliphatic carbocycles. The molecular weight excluding hydrogens is 380 g/mol. The predicted molar refractivity (Wildman–Crippen MR) is 98.2 cm³/mol. The molecule has 3 aromatic rings. The van der Waals surface area contributed by atoms with Crippen molar-refractivity contribution in [2.24, 2.45) is 0 Å². The Morgan fingerprint density at radius 1 is 1.00 bits per heavy atom. The number of nitrogens with one attached hydrogen (secondary N) is 1. The molecule has 132 valence electrons. The number of hydrogen-bond donors (Lipinski definition) is 1. The first kappa shape index (κ1) is 18.3. The number of amides is 1. The molecule has 0 aliphatic heterocycles. The summed E-state index contributed by atoms with van der Waals surface area (Å²) in [4.78, 5) is 11.9. The van der Waals surface area contributed by atoms with E-state index in [4.69, 9.17) is 11.6 Å². The van der Waals surface area contributed by atoms with Crippen molar-refractivity contribution >= 4 is 35.0 Å². The normalized spacial score (nSPS) is 10.6. The molecule has 1 N–H and O–H groups in total. The van der Waals surface area contributed by atoms with Gasteiger partial charge in [0.25, 0.3) is 0 Å². The molecule has 0 radical (unpaired) electrons. The molecule has 0 unspecified atom stereocenters. The van der Waals surface area contributed by atoms with E-state index >= 15 is 0 Å². The highest BCUT2D eigenvalue weighted by Crippen LogP contribution is 2.22. The molecular formula is C18H12ClF2N3OS. The molecule has 0 saturated carbocycles. The largest absolute Gasteiger partial charge is 0.325 e. The molecule has 8 heteroatoms. The van der Waals surface area contributed by atoms with Gasteiger partial charge in [0.2, 0.25) is 5.91 Å². The summed E-state index contributed by atoms with van der Waals surface area (Å²) in [7, 11) is 0. The molecule has 4 nitrogen and oxygen atoms in total. The minimum Gasteiger partial charge on any atom is -0.325 e. The van der Waals surface area contributed by atoms with Gasteiger partial charge in [-0.1, -0.05) is 35.5 Å². The smallest absolute Gasteiger partial charge is 0.234 e. The van der Waals surface area contributed by atoms with Crippen molar-refractivity contribution in [3.8, 4) is 11.3 Å². The lowest BCUT2D eigenvalue weighted by Gasteiger charge is -2.05. The topological polar surface area (TPSA) is 54.9 Å². The zero-order valence-corrected chi connectivity index (χ0v) is 14.8. The fourth-order valence-electron chi connectivity index (χ4n) is 2.08. The van der Waals surface area contributed by atoms with Gasteiger partial charge in [-0.2, -0.15) is 0 Å². The van der Waals surface area contributed by atoms with Gasteiger partial charge in [-0.3, -0.25) is 4.79 Å². The van der Waals surface area contributed by atoms with E-state index in [0.717, 1.165) is 17.7 Å². The molecule has 0 bridgehead atoms. The molecule has 2 aromatic carbocycles. The average molecular weight is 392 g/mol. The molecule has 0 spiro atoms. The summed E-state index contributed by atoms with van der Waals surface area (Å²) < 4.78 is 26.0. The van der Waals surface area contributed by atoms with Crippen LogP contribution in [0.3, 0.4) is 0 Å². The van der Waals surface area contributed by atoms with E-state index in [0.29, 0.717) is 15.7 Å². The number of nitrogens with zero attached hydrogens (tertiary/aromatic N) is 2. The molecule has 1 amide bonds. The zero-order chi connectivity index (χ0) is 18.5. The average Bonchev–Trinajstić information content (AvgIpc) is 2.64. The van der Waals surface area contributed by atoms with Gasteiger partial charge in [0.15, 0.2) is 11.6 Å². The van der Waals surface area contributed by atoms with Gasteiger partial charge in [0.1, 0.15) is 5.03 Å². The molecule has 0 fully saturated rings. The van der Waals surface area contributed by atoms with Crippen molar-refractivity contribution in [1.82, 2.24) is 10.2 Å². The van der Waals surface area contributed by atoms with Crippen LogP contribution < -0.4 is 5.32 Å². The number of thioether (sulfide) groups is 1. The van der Waals surface area contributed by atoms with Crippen molar-refractivity contribution in [3.63, 3.8) is 0 Å². The Morgan fingerprint density at radius 3 is 2.42 bits per heavy atom. The molecule has 1 aromatic heterocycles. The van der Waals surface area contributed by atoms with Crippen LogP contribution >= 0.6 is 23.4 Å². The SMILES string of the molecule is O=C(CSc1ccc(-c2ccc(Cl)cc2)nn1)Nc1ccc(F)c(F)c1. The van der Waals surface area contributed by atoms with Gasteiger partial charge in [0, 0.05) is 22.3 Å². The number of carbonyl (C=O) groups is 1. The third-order valence-electron chi connectivity index (χ3n) is 3.33. The summed E-state index contributed by atoms with van der Waals surface area (Å²) in [5.41, 5.74) is 1.77. The van der Waals surface area contributed by atoms with Crippen molar-refractivity contribution < 1.29 is 13.6 Å². The Labute approximate surface area is 157 Å². The molecule has 0 aliphatic rings. The Bertz CT molecular complexity index is 921. The van der Waals surface area contributed by atoms with E-state index in [1.807, 2.05) is 12.1 Å². The Kier molecular flexibility index (Phi) is 5.80. The maximum Gasteiger partial charge on any atom is 0.234 e. The maximum absolute atomic E-state index is 13.1. The fraction of sp³-hybridized carbons (Fsp3) is 0.0556. The molecule has 1 heterocycles. The molecule has 0 saturated heterocycles. The highest BCUT2D eigenvalue weighted by molar-refractivity contribution is 7.99. The second-order valence-electron chi connectivity index (χ2n) is 5.23. The Balaban J connectivity index is 1.56. The Morgan fingerprint density at radius 2 is 1.77 bits per heavy atom. The number of rotatable bonds is 5. The third kappa shape index (κ3) is 4.77. The zero-order valence-electron chi connectivity index (χ0n) is 13.2. The highest BCUT2D eigenvalue weighted by atomic mass is 35.5. The van der Waals surface area contributed by atoms with Crippen molar-refractivity contribution in [3.05, 3.63) is 71.3 Å². The number of benzene rings is 2. The van der Waals surface area contributed by atoms with Crippen LogP contribution in [0, 0.1) is 11.6 Å². The maximum atomic E-state index is 13.1. The summed E-state index contributed by atoms with van der Waals surface area (Å²) in [6, 6.07) is 14.0. The first-order valence-corrected chi connectivity index (χ1v) is 8.85. The third-order valence-corrected chi connectivity index (χ3v) is 4.51. The number of carbonyl (C=O) groups excluding carboxylic acids is 1. The van der Waals surface area contributed by atoms with Crippen molar-refractivity contribution in [1.29, 1.82) is 0 Å². The van der Waals surface area contributed by atoms with Gasteiger partial charge in [-0.15, -0.1) is 10.2 Å². The first-order chi connectivity index (χ1) is 12.5. The van der Waals surface area contributed by atoms with Gasteiger partial charge in [-0.05, 0) is 36.4 Å². The number of hydrogen-bond acceptors (Lipinski definition) is 4. The van der Waals surface area contributed by atoms with Gasteiger partial charge in [0.05, 0.1) is 11.4 Å². The van der Waals surface area contributed by atoms with Gasteiger partial charge < -0.3 is 5.32 Å². The van der Waals surface area contributed by atoms with Crippen molar-refractivity contribution in [2.45, 2.75) is 5.03 Å². The van der Waals surface area contributed by atoms with E-state index in [2.05, 4.69) is 15.5 Å². The summed E-state index contributed by atoms with van der Waals surface area (Å²) in [5, 5.41) is 11.9. The summed E-state index contributed by atoms with van der Waals surface area (Å²) in [6.07, 6.45) is 0. The summed E-state index contributed by atoms with van der Waals surface area (Å²) in [5.74, 6) is -2.27. The van der Waals surface area contributed by atoms with E-state index in [1.165, 1.54) is 17.8 Å².